The molecule has 3 aliphatic rings. The zero-order valence-electron chi connectivity index (χ0n) is 20.1. The molecule has 1 N–H and O–H groups in total. The maximum atomic E-state index is 13.5. The fraction of sp³-hybridized carbons (Fsp3) is 0.269. The van der Waals surface area contributed by atoms with Gasteiger partial charge in [0.05, 0.1) is 18.3 Å². The van der Waals surface area contributed by atoms with Crippen molar-refractivity contribution in [3.63, 3.8) is 0 Å². The Balaban J connectivity index is 1.13. The number of fused-ring (bicyclic) bond motifs is 3. The minimum absolute atomic E-state index is 0.0407. The molecular formula is C26H23N5O6S. The number of urea groups is 1. The van der Waals surface area contributed by atoms with Crippen molar-refractivity contribution in [2.24, 2.45) is 0 Å². The van der Waals surface area contributed by atoms with E-state index in [4.69, 9.17) is 9.47 Å². The standard InChI is InChI=1S/C26H23N5O6S/c32-22(27-13-16-4-5-19-20(11-16)37-15-36-19)6-9-30-25(34)24-18(7-10-38-24)31(26(30)35)14-17-12-23(33)29-8-2-1-3-21(29)28-17/h1-5,7-8,10-12,18,24H,6,9,13-15H2,(H,27,32). The first-order valence-electron chi connectivity index (χ1n) is 12.0. The van der Waals surface area contributed by atoms with Crippen molar-refractivity contribution < 1.29 is 23.9 Å². The van der Waals surface area contributed by atoms with Crippen LogP contribution in [-0.2, 0) is 22.7 Å². The molecule has 0 spiro atoms. The molecule has 0 radical (unpaired) electrons. The van der Waals surface area contributed by atoms with Crippen LogP contribution >= 0.6 is 11.8 Å². The number of pyridine rings is 1. The van der Waals surface area contributed by atoms with Crippen LogP contribution in [0.25, 0.3) is 5.65 Å². The highest BCUT2D eigenvalue weighted by molar-refractivity contribution is 8.03. The van der Waals surface area contributed by atoms with Gasteiger partial charge in [0.15, 0.2) is 11.5 Å². The highest BCUT2D eigenvalue weighted by Gasteiger charge is 2.47. The third kappa shape index (κ3) is 4.47. The fourth-order valence-corrected chi connectivity index (χ4v) is 5.75. The van der Waals surface area contributed by atoms with Gasteiger partial charge in [-0.05, 0) is 35.2 Å². The van der Waals surface area contributed by atoms with E-state index in [1.165, 1.54) is 27.1 Å². The molecule has 12 heteroatoms. The molecule has 3 aromatic rings. The van der Waals surface area contributed by atoms with Crippen LogP contribution in [0, 0.1) is 0 Å². The second-order valence-electron chi connectivity index (χ2n) is 9.01. The third-order valence-electron chi connectivity index (χ3n) is 6.60. The number of imide groups is 1. The van der Waals surface area contributed by atoms with Crippen molar-refractivity contribution in [3.05, 3.63) is 81.8 Å². The van der Waals surface area contributed by atoms with E-state index < -0.39 is 17.3 Å². The van der Waals surface area contributed by atoms with E-state index in [0.29, 0.717) is 22.8 Å². The highest BCUT2D eigenvalue weighted by atomic mass is 32.2. The van der Waals surface area contributed by atoms with Gasteiger partial charge in [-0.25, -0.2) is 9.78 Å². The largest absolute Gasteiger partial charge is 0.454 e. The van der Waals surface area contributed by atoms with Crippen molar-refractivity contribution in [3.8, 4) is 11.5 Å². The summed E-state index contributed by atoms with van der Waals surface area (Å²) in [4.78, 5) is 58.9. The van der Waals surface area contributed by atoms with Gasteiger partial charge in [0.2, 0.25) is 18.6 Å². The van der Waals surface area contributed by atoms with Gasteiger partial charge in [0.25, 0.3) is 5.56 Å². The van der Waals surface area contributed by atoms with Crippen LogP contribution in [0.1, 0.15) is 17.7 Å². The van der Waals surface area contributed by atoms with Crippen molar-refractivity contribution in [2.75, 3.05) is 13.3 Å². The summed E-state index contributed by atoms with van der Waals surface area (Å²) in [6.07, 6.45) is 3.40. The van der Waals surface area contributed by atoms with Gasteiger partial charge in [0, 0.05) is 31.8 Å². The number of rotatable bonds is 7. The molecule has 1 fully saturated rings. The molecule has 2 atom stereocenters. The predicted octanol–water partition coefficient (Wildman–Crippen LogP) is 1.89. The van der Waals surface area contributed by atoms with Crippen LogP contribution in [-0.4, -0.2) is 61.7 Å². The van der Waals surface area contributed by atoms with Crippen LogP contribution in [0.15, 0.2) is 64.9 Å². The lowest BCUT2D eigenvalue weighted by Gasteiger charge is -2.41. The number of ether oxygens (including phenoxy) is 2. The van der Waals surface area contributed by atoms with Gasteiger partial charge in [-0.3, -0.25) is 23.7 Å². The van der Waals surface area contributed by atoms with Crippen LogP contribution in [0.4, 0.5) is 4.79 Å². The molecule has 2 aromatic heterocycles. The molecule has 11 nitrogen and oxygen atoms in total. The molecule has 0 saturated carbocycles. The average Bonchev–Trinajstić information content (AvgIpc) is 3.60. The second-order valence-corrected chi connectivity index (χ2v) is 10.1. The van der Waals surface area contributed by atoms with Crippen LogP contribution in [0.3, 0.4) is 0 Å². The number of nitrogens with zero attached hydrogens (tertiary/aromatic N) is 4. The van der Waals surface area contributed by atoms with Crippen LogP contribution in [0.5, 0.6) is 11.5 Å². The van der Waals surface area contributed by atoms with Crippen molar-refractivity contribution in [1.82, 2.24) is 24.5 Å². The number of benzene rings is 1. The average molecular weight is 534 g/mol. The van der Waals surface area contributed by atoms with Gasteiger partial charge in [0.1, 0.15) is 10.9 Å². The summed E-state index contributed by atoms with van der Waals surface area (Å²) in [6.45, 7) is 0.450. The topological polar surface area (TPSA) is 123 Å². The third-order valence-corrected chi connectivity index (χ3v) is 7.69. The van der Waals surface area contributed by atoms with Gasteiger partial charge in [-0.1, -0.05) is 18.2 Å². The molecule has 5 heterocycles. The normalized spacial score (nSPS) is 19.8. The first kappa shape index (κ1) is 24.0. The molecule has 3 aliphatic heterocycles. The van der Waals surface area contributed by atoms with Crippen molar-refractivity contribution >= 4 is 35.3 Å². The molecule has 0 aliphatic carbocycles. The van der Waals surface area contributed by atoms with Gasteiger partial charge in [-0.2, -0.15) is 0 Å². The first-order chi connectivity index (χ1) is 18.5. The van der Waals surface area contributed by atoms with Crippen molar-refractivity contribution in [2.45, 2.75) is 30.8 Å². The molecule has 0 bridgehead atoms. The number of hydrogen-bond donors (Lipinski definition) is 1. The maximum absolute atomic E-state index is 13.5. The number of nitrogens with one attached hydrogen (secondary N) is 1. The SMILES string of the molecule is O=C(CCN1C(=O)C2SC=CC2N(Cc2cc(=O)n3ccccc3n2)C1=O)NCc1ccc2c(c1)OCO2. The minimum Gasteiger partial charge on any atom is -0.454 e. The fourth-order valence-electron chi connectivity index (χ4n) is 4.68. The Hall–Kier alpha value is -4.32. The molecule has 2 unspecified atom stereocenters. The summed E-state index contributed by atoms with van der Waals surface area (Å²) in [7, 11) is 0. The van der Waals surface area contributed by atoms with E-state index in [1.807, 2.05) is 12.1 Å². The summed E-state index contributed by atoms with van der Waals surface area (Å²) >= 11 is 1.34. The lowest BCUT2D eigenvalue weighted by Crippen LogP contribution is -2.61. The van der Waals surface area contributed by atoms with Crippen LogP contribution < -0.4 is 20.3 Å². The number of carbonyl (C=O) groups is 3. The first-order valence-corrected chi connectivity index (χ1v) is 13.0. The molecular weight excluding hydrogens is 510 g/mol. The van der Waals surface area contributed by atoms with Gasteiger partial charge < -0.3 is 19.7 Å². The van der Waals surface area contributed by atoms with E-state index in [9.17, 15) is 19.2 Å². The van der Waals surface area contributed by atoms with E-state index in [1.54, 1.807) is 41.9 Å². The lowest BCUT2D eigenvalue weighted by molar-refractivity contribution is -0.132. The Labute approximate surface area is 221 Å². The smallest absolute Gasteiger partial charge is 0.327 e. The molecule has 194 valence electrons. The number of carbonyl (C=O) groups excluding carboxylic acids is 3. The Morgan fingerprint density at radius 2 is 1.97 bits per heavy atom. The highest BCUT2D eigenvalue weighted by Crippen LogP contribution is 2.35. The summed E-state index contributed by atoms with van der Waals surface area (Å²) in [6, 6.07) is 11.1. The number of aromatic nitrogens is 2. The Morgan fingerprint density at radius 1 is 1.11 bits per heavy atom. The molecule has 6 rings (SSSR count). The van der Waals surface area contributed by atoms with E-state index in [-0.39, 0.29) is 50.2 Å². The van der Waals surface area contributed by atoms with Crippen LogP contribution in [0.2, 0.25) is 0 Å². The molecule has 38 heavy (non-hydrogen) atoms. The molecule has 4 amide bonds. The Kier molecular flexibility index (Phi) is 6.24. The summed E-state index contributed by atoms with van der Waals surface area (Å²) < 4.78 is 12.1. The summed E-state index contributed by atoms with van der Waals surface area (Å²) in [5.74, 6) is 0.662. The lowest BCUT2D eigenvalue weighted by atomic mass is 10.1. The van der Waals surface area contributed by atoms with E-state index in [0.717, 1.165) is 10.5 Å². The quantitative estimate of drug-likeness (QED) is 0.489. The van der Waals surface area contributed by atoms with Gasteiger partial charge >= 0.3 is 6.03 Å². The van der Waals surface area contributed by atoms with Crippen molar-refractivity contribution in [1.29, 1.82) is 0 Å². The van der Waals surface area contributed by atoms with E-state index in [2.05, 4.69) is 10.3 Å². The summed E-state index contributed by atoms with van der Waals surface area (Å²) in [5.41, 5.74) is 1.48. The zero-order valence-corrected chi connectivity index (χ0v) is 20.9. The Morgan fingerprint density at radius 3 is 2.87 bits per heavy atom. The maximum Gasteiger partial charge on any atom is 0.327 e. The zero-order chi connectivity index (χ0) is 26.2. The summed E-state index contributed by atoms with van der Waals surface area (Å²) in [5, 5.41) is 4.11. The number of amides is 4. The number of hydrogen-bond acceptors (Lipinski definition) is 8. The van der Waals surface area contributed by atoms with E-state index >= 15 is 0 Å². The number of thioether (sulfide) groups is 1. The second kappa shape index (κ2) is 9.86. The predicted molar refractivity (Wildman–Crippen MR) is 137 cm³/mol. The minimum atomic E-state index is -0.512. The molecule has 1 saturated heterocycles. The Bertz CT molecular complexity index is 1540. The molecule has 1 aromatic carbocycles. The monoisotopic (exact) mass is 533 g/mol. The van der Waals surface area contributed by atoms with Gasteiger partial charge in [-0.15, -0.1) is 11.8 Å².